The largest absolute Gasteiger partial charge is 0.496 e. The van der Waals surface area contributed by atoms with Crippen LogP contribution >= 0.6 is 15.9 Å². The lowest BCUT2D eigenvalue weighted by atomic mass is 10.1. The zero-order valence-corrected chi connectivity index (χ0v) is 13.6. The van der Waals surface area contributed by atoms with Crippen molar-refractivity contribution in [2.75, 3.05) is 19.1 Å². The summed E-state index contributed by atoms with van der Waals surface area (Å²) < 4.78 is 6.43. The maximum absolute atomic E-state index is 5.45. The van der Waals surface area contributed by atoms with Gasteiger partial charge in [0.15, 0.2) is 0 Å². The van der Waals surface area contributed by atoms with Gasteiger partial charge in [-0.15, -0.1) is 0 Å². The Kier molecular flexibility index (Phi) is 5.01. The Morgan fingerprint density at radius 1 is 1.25 bits per heavy atom. The van der Waals surface area contributed by atoms with E-state index in [0.717, 1.165) is 29.0 Å². The van der Waals surface area contributed by atoms with Crippen LogP contribution in [0.1, 0.15) is 18.1 Å². The van der Waals surface area contributed by atoms with Crippen molar-refractivity contribution < 1.29 is 4.74 Å². The normalized spacial score (nSPS) is 10.4. The quantitative estimate of drug-likeness (QED) is 0.824. The minimum absolute atomic E-state index is 0.769. The van der Waals surface area contributed by atoms with E-state index >= 15 is 0 Å². The molecule has 0 aliphatic heterocycles. The average molecular weight is 335 g/mol. The minimum atomic E-state index is 0.769. The monoisotopic (exact) mass is 334 g/mol. The van der Waals surface area contributed by atoms with Crippen molar-refractivity contribution in [3.63, 3.8) is 0 Å². The number of pyridine rings is 1. The first kappa shape index (κ1) is 14.9. The number of aryl methyl sites for hydroxylation is 1. The average Bonchev–Trinajstić information content (AvgIpc) is 2.47. The number of methoxy groups -OCH3 is 1. The molecule has 0 radical (unpaired) electrons. The van der Waals surface area contributed by atoms with Crippen LogP contribution in [0.5, 0.6) is 5.75 Å². The Morgan fingerprint density at radius 2 is 2.05 bits per heavy atom. The molecule has 1 aromatic carbocycles. The van der Waals surface area contributed by atoms with Crippen molar-refractivity contribution in [3.8, 4) is 5.75 Å². The second-order valence-electron chi connectivity index (χ2n) is 4.69. The lowest BCUT2D eigenvalue weighted by molar-refractivity contribution is 0.409. The second-order valence-corrected chi connectivity index (χ2v) is 5.61. The first-order valence-corrected chi connectivity index (χ1v) is 7.41. The van der Waals surface area contributed by atoms with Gasteiger partial charge in [0.05, 0.1) is 7.11 Å². The van der Waals surface area contributed by atoms with Gasteiger partial charge in [-0.05, 0) is 46.1 Å². The zero-order valence-electron chi connectivity index (χ0n) is 12.1. The summed E-state index contributed by atoms with van der Waals surface area (Å²) in [6, 6.07) is 10.4. The molecule has 0 saturated carbocycles. The Morgan fingerprint density at radius 3 is 2.65 bits per heavy atom. The summed E-state index contributed by atoms with van der Waals surface area (Å²) in [6.07, 6.45) is 2.84. The molecule has 0 saturated heterocycles. The van der Waals surface area contributed by atoms with Crippen LogP contribution in [-0.2, 0) is 13.0 Å². The van der Waals surface area contributed by atoms with Gasteiger partial charge in [-0.3, -0.25) is 0 Å². The van der Waals surface area contributed by atoms with E-state index in [1.165, 1.54) is 11.1 Å². The van der Waals surface area contributed by atoms with Gasteiger partial charge in [-0.2, -0.15) is 0 Å². The van der Waals surface area contributed by atoms with E-state index in [2.05, 4.69) is 44.9 Å². The predicted octanol–water partition coefficient (Wildman–Crippen LogP) is 4.05. The maximum Gasteiger partial charge on any atom is 0.128 e. The third-order valence-corrected chi connectivity index (χ3v) is 3.73. The fourth-order valence-corrected chi connectivity index (χ4v) is 2.34. The van der Waals surface area contributed by atoms with Crippen LogP contribution in [0.25, 0.3) is 0 Å². The van der Waals surface area contributed by atoms with Gasteiger partial charge in [0.25, 0.3) is 0 Å². The number of hydrogen-bond acceptors (Lipinski definition) is 3. The van der Waals surface area contributed by atoms with Crippen molar-refractivity contribution in [2.45, 2.75) is 19.9 Å². The van der Waals surface area contributed by atoms with Crippen LogP contribution in [0.3, 0.4) is 0 Å². The molecule has 1 heterocycles. The molecule has 0 fully saturated rings. The summed E-state index contributed by atoms with van der Waals surface area (Å²) in [5.74, 6) is 1.86. The van der Waals surface area contributed by atoms with E-state index in [1.54, 1.807) is 7.11 Å². The van der Waals surface area contributed by atoms with E-state index in [0.29, 0.717) is 0 Å². The van der Waals surface area contributed by atoms with Crippen molar-refractivity contribution in [2.24, 2.45) is 0 Å². The minimum Gasteiger partial charge on any atom is -0.496 e. The van der Waals surface area contributed by atoms with Crippen LogP contribution in [0, 0.1) is 0 Å². The highest BCUT2D eigenvalue weighted by molar-refractivity contribution is 9.10. The zero-order chi connectivity index (χ0) is 14.5. The van der Waals surface area contributed by atoms with Gasteiger partial charge in [0.2, 0.25) is 0 Å². The van der Waals surface area contributed by atoms with Gasteiger partial charge >= 0.3 is 0 Å². The van der Waals surface area contributed by atoms with E-state index in [9.17, 15) is 0 Å². The Hall–Kier alpha value is -1.55. The standard InChI is InChI=1S/C16H19BrN2O/c1-4-12-5-7-15(20-3)13(9-12)11-19(2)16-8-6-14(17)10-18-16/h5-10H,4,11H2,1-3H3. The number of anilines is 1. The van der Waals surface area contributed by atoms with Crippen LogP contribution < -0.4 is 9.64 Å². The smallest absolute Gasteiger partial charge is 0.128 e. The molecule has 0 amide bonds. The first-order valence-electron chi connectivity index (χ1n) is 6.62. The molecule has 0 aliphatic carbocycles. The molecule has 2 rings (SSSR count). The molecular weight excluding hydrogens is 316 g/mol. The summed E-state index contributed by atoms with van der Waals surface area (Å²) in [5, 5.41) is 0. The molecule has 0 bridgehead atoms. The molecule has 0 N–H and O–H groups in total. The maximum atomic E-state index is 5.45. The van der Waals surface area contributed by atoms with Crippen LogP contribution in [0.2, 0.25) is 0 Å². The van der Waals surface area contributed by atoms with E-state index < -0.39 is 0 Å². The predicted molar refractivity (Wildman–Crippen MR) is 86.4 cm³/mol. The molecule has 1 aromatic heterocycles. The third-order valence-electron chi connectivity index (χ3n) is 3.26. The molecule has 0 spiro atoms. The summed E-state index contributed by atoms with van der Waals surface area (Å²) >= 11 is 3.40. The van der Waals surface area contributed by atoms with Gasteiger partial charge in [-0.1, -0.05) is 19.1 Å². The summed E-state index contributed by atoms with van der Waals surface area (Å²) in [7, 11) is 3.75. The molecule has 2 aromatic rings. The van der Waals surface area contributed by atoms with Gasteiger partial charge in [0.1, 0.15) is 11.6 Å². The van der Waals surface area contributed by atoms with Gasteiger partial charge in [-0.25, -0.2) is 4.98 Å². The second kappa shape index (κ2) is 6.75. The fraction of sp³-hybridized carbons (Fsp3) is 0.312. The molecule has 0 atom stereocenters. The number of nitrogens with zero attached hydrogens (tertiary/aromatic N) is 2. The fourth-order valence-electron chi connectivity index (χ4n) is 2.11. The highest BCUT2D eigenvalue weighted by Crippen LogP contribution is 2.23. The number of ether oxygens (including phenoxy) is 1. The van der Waals surface area contributed by atoms with Gasteiger partial charge < -0.3 is 9.64 Å². The van der Waals surface area contributed by atoms with Gasteiger partial charge in [0, 0.05) is 29.8 Å². The molecule has 0 unspecified atom stereocenters. The lowest BCUT2D eigenvalue weighted by Crippen LogP contribution is -2.18. The topological polar surface area (TPSA) is 25.4 Å². The van der Waals surface area contributed by atoms with Crippen LogP contribution in [0.4, 0.5) is 5.82 Å². The lowest BCUT2D eigenvalue weighted by Gasteiger charge is -2.20. The molecule has 106 valence electrons. The number of aromatic nitrogens is 1. The highest BCUT2D eigenvalue weighted by atomic mass is 79.9. The van der Waals surface area contributed by atoms with E-state index in [1.807, 2.05) is 31.4 Å². The van der Waals surface area contributed by atoms with Crippen molar-refractivity contribution in [1.29, 1.82) is 0 Å². The molecule has 4 heteroatoms. The summed E-state index contributed by atoms with van der Waals surface area (Å²) in [6.45, 7) is 2.93. The summed E-state index contributed by atoms with van der Waals surface area (Å²) in [4.78, 5) is 6.53. The number of benzene rings is 1. The number of hydrogen-bond donors (Lipinski definition) is 0. The van der Waals surface area contributed by atoms with E-state index in [4.69, 9.17) is 4.74 Å². The molecular formula is C16H19BrN2O. The van der Waals surface area contributed by atoms with Crippen LogP contribution in [0.15, 0.2) is 41.0 Å². The molecule has 3 nitrogen and oxygen atoms in total. The Labute approximate surface area is 128 Å². The summed E-state index contributed by atoms with van der Waals surface area (Å²) in [5.41, 5.74) is 2.50. The SMILES string of the molecule is CCc1ccc(OC)c(CN(C)c2ccc(Br)cn2)c1. The Balaban J connectivity index is 2.21. The highest BCUT2D eigenvalue weighted by Gasteiger charge is 2.09. The third kappa shape index (κ3) is 3.51. The molecule has 0 aliphatic rings. The van der Waals surface area contributed by atoms with Crippen molar-refractivity contribution >= 4 is 21.7 Å². The Bertz CT molecular complexity index is 569. The van der Waals surface area contributed by atoms with E-state index in [-0.39, 0.29) is 0 Å². The number of halogens is 1. The molecule has 20 heavy (non-hydrogen) atoms. The first-order chi connectivity index (χ1) is 9.63. The van der Waals surface area contributed by atoms with Crippen molar-refractivity contribution in [1.82, 2.24) is 4.98 Å². The number of rotatable bonds is 5. The van der Waals surface area contributed by atoms with Crippen LogP contribution in [-0.4, -0.2) is 19.1 Å². The van der Waals surface area contributed by atoms with Crippen molar-refractivity contribution in [3.05, 3.63) is 52.1 Å².